The summed E-state index contributed by atoms with van der Waals surface area (Å²) in [4.78, 5) is 0. The third kappa shape index (κ3) is 4.13. The molecule has 24 heavy (non-hydrogen) atoms. The van der Waals surface area contributed by atoms with Gasteiger partial charge in [0.1, 0.15) is 0 Å². The first kappa shape index (κ1) is 22.3. The monoisotopic (exact) mass is 503 g/mol. The van der Waals surface area contributed by atoms with Crippen LogP contribution in [0.25, 0.3) is 0 Å². The molecule has 0 aliphatic heterocycles. The van der Waals surface area contributed by atoms with Crippen LogP contribution in [0.5, 0.6) is 0 Å². The summed E-state index contributed by atoms with van der Waals surface area (Å²) in [5, 5.41) is 0. The first-order chi connectivity index (χ1) is 11.6. The molecule has 4 heteroatoms. The van der Waals surface area contributed by atoms with E-state index in [1.54, 1.807) is 5.57 Å². The Morgan fingerprint density at radius 3 is 1.50 bits per heavy atom. The Balaban J connectivity index is 3.65. The third-order valence-electron chi connectivity index (χ3n) is 5.57. The van der Waals surface area contributed by atoms with Gasteiger partial charge in [-0.1, -0.05) is 0 Å². The van der Waals surface area contributed by atoms with Crippen molar-refractivity contribution in [2.24, 2.45) is 0 Å². The summed E-state index contributed by atoms with van der Waals surface area (Å²) < 4.78 is 10.6. The van der Waals surface area contributed by atoms with E-state index in [0.717, 1.165) is 0 Å². The van der Waals surface area contributed by atoms with E-state index in [4.69, 9.17) is 0 Å². The van der Waals surface area contributed by atoms with E-state index in [1.165, 1.54) is 58.5 Å². The Hall–Kier alpha value is 0.230. The average Bonchev–Trinajstić information content (AvgIpc) is 3.06. The molecule has 3 nitrogen and oxygen atoms in total. The van der Waals surface area contributed by atoms with Crippen molar-refractivity contribution >= 4 is 0 Å². The zero-order chi connectivity index (χ0) is 18.2. The van der Waals surface area contributed by atoms with Crippen molar-refractivity contribution in [2.75, 3.05) is 39.3 Å². The second-order valence-corrected chi connectivity index (χ2v) is 20.1. The molecule has 140 valence electrons. The van der Waals surface area contributed by atoms with Crippen LogP contribution >= 0.6 is 0 Å². The molecule has 1 aliphatic rings. The van der Waals surface area contributed by atoms with Crippen LogP contribution in [0.4, 0.5) is 0 Å². The molecule has 0 aromatic rings. The topological polar surface area (TPSA) is 9.72 Å². The van der Waals surface area contributed by atoms with Crippen LogP contribution in [0, 0.1) is 0 Å². The van der Waals surface area contributed by atoms with E-state index < -0.39 is 20.8 Å². The SMILES string of the molecule is CCCC1=[C]([Hf]([N](CC)CC)([N](CC)CC)[N](CC)CC)CC=C1. The normalized spacial score (nSPS) is 15.6. The van der Waals surface area contributed by atoms with Crippen LogP contribution in [-0.2, 0) is 20.8 Å². The summed E-state index contributed by atoms with van der Waals surface area (Å²) in [5.74, 6) is 0. The molecule has 0 atom stereocenters. The molecule has 0 saturated carbocycles. The predicted octanol–water partition coefficient (Wildman–Crippen LogP) is 4.92. The second-order valence-electron chi connectivity index (χ2n) is 6.51. The van der Waals surface area contributed by atoms with Crippen LogP contribution in [0.3, 0.4) is 0 Å². The predicted molar refractivity (Wildman–Crippen MR) is 104 cm³/mol. The Labute approximate surface area is 157 Å². The summed E-state index contributed by atoms with van der Waals surface area (Å²) in [6.45, 7) is 23.6. The Morgan fingerprint density at radius 1 is 0.750 bits per heavy atom. The van der Waals surface area contributed by atoms with E-state index in [1.807, 2.05) is 3.33 Å². The standard InChI is InChI=1S/C8H11.3C4H10N.Hf/c1-2-5-8-6-3-4-7-8;3*1-3-5-4-2;/h3,6H,2,4-5H2,1H3;3*3-4H2,1-2H3;/q;3*-1;+3. The molecule has 1 rings (SSSR count). The molecule has 0 fully saturated rings. The molecular formula is C20H41HfN3. The zero-order valence-electron chi connectivity index (χ0n) is 17.4. The van der Waals surface area contributed by atoms with Crippen LogP contribution in [0.15, 0.2) is 21.1 Å². The quantitative estimate of drug-likeness (QED) is 0.351. The first-order valence-corrected chi connectivity index (χ1v) is 16.9. The van der Waals surface area contributed by atoms with Gasteiger partial charge >= 0.3 is 158 Å². The van der Waals surface area contributed by atoms with Crippen molar-refractivity contribution in [3.63, 3.8) is 0 Å². The van der Waals surface area contributed by atoms with Gasteiger partial charge in [0.25, 0.3) is 0 Å². The second kappa shape index (κ2) is 11.1. The van der Waals surface area contributed by atoms with E-state index >= 15 is 0 Å². The number of nitrogens with zero attached hydrogens (tertiary/aromatic N) is 3. The van der Waals surface area contributed by atoms with Gasteiger partial charge in [-0.2, -0.15) is 0 Å². The minimum atomic E-state index is -3.21. The minimum absolute atomic E-state index is 1.17. The van der Waals surface area contributed by atoms with Crippen LogP contribution in [-0.4, -0.2) is 47.9 Å². The van der Waals surface area contributed by atoms with Gasteiger partial charge in [-0.05, 0) is 0 Å². The molecule has 0 N–H and O–H groups in total. The third-order valence-corrected chi connectivity index (χ3v) is 26.7. The fourth-order valence-electron chi connectivity index (χ4n) is 4.57. The fraction of sp³-hybridized carbons (Fsp3) is 0.800. The number of hydrogen-bond donors (Lipinski definition) is 0. The summed E-state index contributed by atoms with van der Waals surface area (Å²) in [6.07, 6.45) is 8.58. The van der Waals surface area contributed by atoms with E-state index in [9.17, 15) is 0 Å². The first-order valence-electron chi connectivity index (χ1n) is 10.3. The molecule has 0 aromatic heterocycles. The summed E-state index contributed by atoms with van der Waals surface area (Å²) in [7, 11) is 0. The Kier molecular flexibility index (Phi) is 10.3. The van der Waals surface area contributed by atoms with Gasteiger partial charge in [0.2, 0.25) is 0 Å². The summed E-state index contributed by atoms with van der Waals surface area (Å²) in [5.41, 5.74) is 1.67. The molecule has 1 aliphatic carbocycles. The summed E-state index contributed by atoms with van der Waals surface area (Å²) >= 11 is -3.21. The van der Waals surface area contributed by atoms with Gasteiger partial charge in [0.15, 0.2) is 0 Å². The van der Waals surface area contributed by atoms with Crippen LogP contribution < -0.4 is 0 Å². The Bertz CT molecular complexity index is 387. The molecule has 0 bridgehead atoms. The maximum atomic E-state index is 2.91. The molecule has 0 radical (unpaired) electrons. The van der Waals surface area contributed by atoms with E-state index in [2.05, 4.69) is 69.3 Å². The van der Waals surface area contributed by atoms with Crippen LogP contribution in [0.2, 0.25) is 0 Å². The molecule has 0 unspecified atom stereocenters. The van der Waals surface area contributed by atoms with Gasteiger partial charge in [-0.15, -0.1) is 0 Å². The average molecular weight is 502 g/mol. The van der Waals surface area contributed by atoms with Crippen molar-refractivity contribution in [3.8, 4) is 0 Å². The van der Waals surface area contributed by atoms with Crippen molar-refractivity contribution < 1.29 is 20.8 Å². The maximum absolute atomic E-state index is 3.21. The summed E-state index contributed by atoms with van der Waals surface area (Å²) in [6, 6.07) is 0. The zero-order valence-corrected chi connectivity index (χ0v) is 21.0. The Morgan fingerprint density at radius 2 is 1.17 bits per heavy atom. The molecular weight excluding hydrogens is 461 g/mol. The van der Waals surface area contributed by atoms with Crippen molar-refractivity contribution in [1.29, 1.82) is 0 Å². The van der Waals surface area contributed by atoms with Gasteiger partial charge < -0.3 is 0 Å². The van der Waals surface area contributed by atoms with Crippen molar-refractivity contribution in [1.82, 2.24) is 8.66 Å². The van der Waals surface area contributed by atoms with Gasteiger partial charge in [-0.3, -0.25) is 0 Å². The number of hydrogen-bond acceptors (Lipinski definition) is 3. The fourth-order valence-corrected chi connectivity index (χ4v) is 26.2. The number of allylic oxidation sites excluding steroid dienone is 4. The van der Waals surface area contributed by atoms with E-state index in [0.29, 0.717) is 0 Å². The molecule has 0 heterocycles. The van der Waals surface area contributed by atoms with Crippen molar-refractivity contribution in [3.05, 3.63) is 21.1 Å². The van der Waals surface area contributed by atoms with E-state index in [-0.39, 0.29) is 0 Å². The molecule has 0 amide bonds. The van der Waals surface area contributed by atoms with Gasteiger partial charge in [0, 0.05) is 0 Å². The number of rotatable bonds is 12. The van der Waals surface area contributed by atoms with Crippen molar-refractivity contribution in [2.45, 2.75) is 67.7 Å². The molecule has 0 aromatic carbocycles. The molecule has 0 spiro atoms. The molecule has 0 saturated heterocycles. The van der Waals surface area contributed by atoms with Gasteiger partial charge in [-0.25, -0.2) is 0 Å². The van der Waals surface area contributed by atoms with Crippen LogP contribution in [0.1, 0.15) is 67.7 Å². The van der Waals surface area contributed by atoms with Gasteiger partial charge in [0.05, 0.1) is 0 Å².